The largest absolute Gasteiger partial charge is 0.349 e. The summed E-state index contributed by atoms with van der Waals surface area (Å²) >= 11 is 0. The lowest BCUT2D eigenvalue weighted by molar-refractivity contribution is 0.0937. The summed E-state index contributed by atoms with van der Waals surface area (Å²) in [5, 5.41) is 5.96. The number of carbonyl (C=O) groups excluding carboxylic acids is 2. The zero-order valence-corrected chi connectivity index (χ0v) is 17.1. The van der Waals surface area contributed by atoms with Gasteiger partial charge in [0.2, 0.25) is 0 Å². The van der Waals surface area contributed by atoms with E-state index in [1.165, 1.54) is 0 Å². The normalized spacial score (nSPS) is 13.1. The number of aromatic nitrogens is 2. The molecule has 2 aromatic rings. The first-order valence-electron chi connectivity index (χ1n) is 10.3. The second-order valence-corrected chi connectivity index (χ2v) is 7.52. The number of aryl methyl sites for hydroxylation is 2. The Morgan fingerprint density at radius 2 is 1.86 bits per heavy atom. The topological polar surface area (TPSA) is 76.0 Å². The van der Waals surface area contributed by atoms with E-state index in [2.05, 4.69) is 22.5 Å². The third-order valence-corrected chi connectivity index (χ3v) is 5.32. The number of hydrogen-bond acceptors (Lipinski definition) is 3. The standard InChI is InChI=1S/C22H30N4O2/c1-4-5-7-13-23-22(28)20-24-19(17-12-6-8-14-26(17)20)21(27)25-18-15(2)10-9-11-16(18)3/h9-11H,4-8,12-14H2,1-3H3,(H,23,28)(H,25,27). The molecule has 3 rings (SSSR count). The molecule has 0 saturated carbocycles. The number of fused-ring (bicyclic) bond motifs is 1. The highest BCUT2D eigenvalue weighted by Crippen LogP contribution is 2.24. The number of imidazole rings is 1. The quantitative estimate of drug-likeness (QED) is 0.711. The van der Waals surface area contributed by atoms with E-state index in [1.54, 1.807) is 0 Å². The number of hydrogen-bond donors (Lipinski definition) is 2. The molecule has 0 radical (unpaired) electrons. The molecule has 1 aliphatic heterocycles. The van der Waals surface area contributed by atoms with Crippen LogP contribution in [0.1, 0.15) is 77.0 Å². The molecule has 0 aliphatic carbocycles. The predicted octanol–water partition coefficient (Wildman–Crippen LogP) is 4.01. The molecule has 150 valence electrons. The van der Waals surface area contributed by atoms with E-state index >= 15 is 0 Å². The lowest BCUT2D eigenvalue weighted by Gasteiger charge is -2.17. The number of anilines is 1. The summed E-state index contributed by atoms with van der Waals surface area (Å²) in [7, 11) is 0. The number of benzene rings is 1. The summed E-state index contributed by atoms with van der Waals surface area (Å²) in [5.41, 5.74) is 4.08. The van der Waals surface area contributed by atoms with Crippen LogP contribution in [0.25, 0.3) is 0 Å². The molecule has 0 fully saturated rings. The van der Waals surface area contributed by atoms with Crippen molar-refractivity contribution in [3.8, 4) is 0 Å². The maximum absolute atomic E-state index is 13.0. The molecule has 1 aliphatic rings. The molecule has 2 N–H and O–H groups in total. The first-order valence-corrected chi connectivity index (χ1v) is 10.3. The molecule has 6 heteroatoms. The summed E-state index contributed by atoms with van der Waals surface area (Å²) < 4.78 is 1.93. The summed E-state index contributed by atoms with van der Waals surface area (Å²) in [4.78, 5) is 30.1. The molecule has 1 aromatic carbocycles. The average Bonchev–Trinajstić information content (AvgIpc) is 3.08. The van der Waals surface area contributed by atoms with Gasteiger partial charge >= 0.3 is 0 Å². The first-order chi connectivity index (χ1) is 13.5. The van der Waals surface area contributed by atoms with E-state index in [-0.39, 0.29) is 11.8 Å². The Kier molecular flexibility index (Phi) is 6.49. The minimum absolute atomic E-state index is 0.189. The van der Waals surface area contributed by atoms with Crippen LogP contribution in [0.4, 0.5) is 5.69 Å². The highest BCUT2D eigenvalue weighted by molar-refractivity contribution is 6.05. The number of para-hydroxylation sites is 1. The van der Waals surface area contributed by atoms with Crippen LogP contribution >= 0.6 is 0 Å². The van der Waals surface area contributed by atoms with Crippen molar-refractivity contribution >= 4 is 17.5 Å². The van der Waals surface area contributed by atoms with Gasteiger partial charge in [-0.15, -0.1) is 0 Å². The van der Waals surface area contributed by atoms with Gasteiger partial charge in [0.1, 0.15) is 0 Å². The maximum atomic E-state index is 13.0. The van der Waals surface area contributed by atoms with Crippen LogP contribution in [0.5, 0.6) is 0 Å². The van der Waals surface area contributed by atoms with Crippen LogP contribution in [-0.2, 0) is 13.0 Å². The zero-order chi connectivity index (χ0) is 20.1. The number of nitrogens with one attached hydrogen (secondary N) is 2. The Labute approximate surface area is 166 Å². The highest BCUT2D eigenvalue weighted by atomic mass is 16.2. The van der Waals surface area contributed by atoms with Gasteiger partial charge in [0.15, 0.2) is 11.5 Å². The molecule has 28 heavy (non-hydrogen) atoms. The fourth-order valence-electron chi connectivity index (χ4n) is 3.74. The molecule has 0 atom stereocenters. The monoisotopic (exact) mass is 382 g/mol. The van der Waals surface area contributed by atoms with Crippen molar-refractivity contribution in [1.82, 2.24) is 14.9 Å². The SMILES string of the molecule is CCCCCNC(=O)c1nc(C(=O)Nc2c(C)cccc2C)c2n1CCCC2. The van der Waals surface area contributed by atoms with Gasteiger partial charge in [-0.1, -0.05) is 38.0 Å². The van der Waals surface area contributed by atoms with Crippen molar-refractivity contribution in [2.75, 3.05) is 11.9 Å². The molecule has 0 unspecified atom stereocenters. The van der Waals surface area contributed by atoms with Gasteiger partial charge in [-0.2, -0.15) is 0 Å². The van der Waals surface area contributed by atoms with E-state index in [4.69, 9.17) is 0 Å². The number of unbranched alkanes of at least 4 members (excludes halogenated alkanes) is 2. The molecule has 0 bridgehead atoms. The van der Waals surface area contributed by atoms with Gasteiger partial charge in [0.05, 0.1) is 5.69 Å². The lowest BCUT2D eigenvalue weighted by atomic mass is 10.1. The number of amides is 2. The van der Waals surface area contributed by atoms with E-state index < -0.39 is 0 Å². The van der Waals surface area contributed by atoms with Crippen molar-refractivity contribution < 1.29 is 9.59 Å². The van der Waals surface area contributed by atoms with Crippen LogP contribution in [0, 0.1) is 13.8 Å². The number of rotatable bonds is 7. The van der Waals surface area contributed by atoms with E-state index in [0.29, 0.717) is 18.1 Å². The van der Waals surface area contributed by atoms with Crippen molar-refractivity contribution in [3.05, 3.63) is 46.5 Å². The molecule has 0 spiro atoms. The Bertz CT molecular complexity index is 849. The molecule has 6 nitrogen and oxygen atoms in total. The van der Waals surface area contributed by atoms with Crippen LogP contribution in [-0.4, -0.2) is 27.9 Å². The van der Waals surface area contributed by atoms with Gasteiger partial charge < -0.3 is 15.2 Å². The van der Waals surface area contributed by atoms with Crippen LogP contribution < -0.4 is 10.6 Å². The maximum Gasteiger partial charge on any atom is 0.287 e. The smallest absolute Gasteiger partial charge is 0.287 e. The van der Waals surface area contributed by atoms with Crippen LogP contribution in [0.3, 0.4) is 0 Å². The van der Waals surface area contributed by atoms with Crippen molar-refractivity contribution in [3.63, 3.8) is 0 Å². The Morgan fingerprint density at radius 1 is 1.11 bits per heavy atom. The van der Waals surface area contributed by atoms with Gasteiger partial charge in [0, 0.05) is 18.8 Å². The Balaban J connectivity index is 1.84. The summed E-state index contributed by atoms with van der Waals surface area (Å²) in [6, 6.07) is 5.92. The number of carbonyl (C=O) groups is 2. The molecule has 0 saturated heterocycles. The van der Waals surface area contributed by atoms with Gasteiger partial charge in [-0.3, -0.25) is 9.59 Å². The molecule has 2 amide bonds. The molecule has 2 heterocycles. The fourth-order valence-corrected chi connectivity index (χ4v) is 3.74. The third-order valence-electron chi connectivity index (χ3n) is 5.32. The van der Waals surface area contributed by atoms with Crippen molar-refractivity contribution in [2.24, 2.45) is 0 Å². The number of nitrogens with zero attached hydrogens (tertiary/aromatic N) is 2. The summed E-state index contributed by atoms with van der Waals surface area (Å²) in [6.07, 6.45) is 5.92. The summed E-state index contributed by atoms with van der Waals surface area (Å²) in [5.74, 6) is -0.0729. The highest BCUT2D eigenvalue weighted by Gasteiger charge is 2.27. The summed E-state index contributed by atoms with van der Waals surface area (Å²) in [6.45, 7) is 7.45. The second-order valence-electron chi connectivity index (χ2n) is 7.52. The van der Waals surface area contributed by atoms with Crippen molar-refractivity contribution in [2.45, 2.75) is 65.8 Å². The van der Waals surface area contributed by atoms with Gasteiger partial charge in [-0.25, -0.2) is 4.98 Å². The molecular weight excluding hydrogens is 352 g/mol. The average molecular weight is 383 g/mol. The second kappa shape index (κ2) is 9.04. The predicted molar refractivity (Wildman–Crippen MR) is 111 cm³/mol. The van der Waals surface area contributed by atoms with Crippen LogP contribution in [0.2, 0.25) is 0 Å². The first kappa shape index (κ1) is 20.1. The third kappa shape index (κ3) is 4.26. The minimum atomic E-state index is -0.243. The lowest BCUT2D eigenvalue weighted by Crippen LogP contribution is -2.28. The fraction of sp³-hybridized carbons (Fsp3) is 0.500. The minimum Gasteiger partial charge on any atom is -0.349 e. The van der Waals surface area contributed by atoms with Crippen LogP contribution in [0.15, 0.2) is 18.2 Å². The molecule has 1 aromatic heterocycles. The van der Waals surface area contributed by atoms with E-state index in [1.807, 2.05) is 36.6 Å². The Morgan fingerprint density at radius 3 is 2.57 bits per heavy atom. The Hall–Kier alpha value is -2.63. The van der Waals surface area contributed by atoms with E-state index in [0.717, 1.165) is 67.6 Å². The van der Waals surface area contributed by atoms with Gasteiger partial charge in [-0.05, 0) is 50.7 Å². The van der Waals surface area contributed by atoms with E-state index in [9.17, 15) is 9.59 Å². The van der Waals surface area contributed by atoms with Gasteiger partial charge in [0.25, 0.3) is 11.8 Å². The molecular formula is C22H30N4O2. The zero-order valence-electron chi connectivity index (χ0n) is 17.1. The van der Waals surface area contributed by atoms with Crippen molar-refractivity contribution in [1.29, 1.82) is 0 Å².